The van der Waals surface area contributed by atoms with Crippen LogP contribution in [0.1, 0.15) is 39.2 Å². The molecule has 2 aromatic heterocycles. The van der Waals surface area contributed by atoms with Gasteiger partial charge in [-0.2, -0.15) is 0 Å². The number of nitrogens with two attached hydrogens (primary N) is 1. The number of aliphatic hydroxyl groups excluding tert-OH is 1. The van der Waals surface area contributed by atoms with Gasteiger partial charge in [-0.3, -0.25) is 18.9 Å². The van der Waals surface area contributed by atoms with E-state index in [2.05, 4.69) is 4.37 Å². The van der Waals surface area contributed by atoms with Gasteiger partial charge in [-0.15, -0.1) is 0 Å². The molecular formula is C21H25FN4O6S. The van der Waals surface area contributed by atoms with Crippen molar-refractivity contribution in [3.8, 4) is 5.75 Å². The van der Waals surface area contributed by atoms with E-state index in [0.717, 1.165) is 35.3 Å². The Hall–Kier alpha value is -2.51. The number of benzene rings is 1. The van der Waals surface area contributed by atoms with E-state index < -0.39 is 46.1 Å². The number of ether oxygens (including phenoxy) is 1. The highest BCUT2D eigenvalue weighted by Crippen LogP contribution is 2.50. The number of aliphatic hydroxyl groups is 3. The molecule has 10 nitrogen and oxygen atoms in total. The van der Waals surface area contributed by atoms with E-state index in [9.17, 15) is 24.9 Å². The topological polar surface area (TPSA) is 154 Å². The number of H-pyrrole nitrogens is 1. The van der Waals surface area contributed by atoms with E-state index >= 15 is 4.39 Å². The molecule has 6 N–H and O–H groups in total. The average Bonchev–Trinajstić information content (AvgIpc) is 3.43. The number of hydrogen-bond acceptors (Lipinski definition) is 9. The highest BCUT2D eigenvalue weighted by molar-refractivity contribution is 7.12. The summed E-state index contributed by atoms with van der Waals surface area (Å²) >= 11 is 1.00. The van der Waals surface area contributed by atoms with Crippen molar-refractivity contribution in [2.24, 2.45) is 11.7 Å². The lowest BCUT2D eigenvalue weighted by atomic mass is 9.86. The summed E-state index contributed by atoms with van der Waals surface area (Å²) in [5.41, 5.74) is 3.76. The van der Waals surface area contributed by atoms with Crippen molar-refractivity contribution in [3.63, 3.8) is 0 Å². The van der Waals surface area contributed by atoms with Crippen LogP contribution in [0.5, 0.6) is 5.75 Å². The molecule has 33 heavy (non-hydrogen) atoms. The van der Waals surface area contributed by atoms with Crippen LogP contribution >= 0.6 is 11.5 Å². The first kappa shape index (κ1) is 22.3. The Balaban J connectivity index is 1.88. The van der Waals surface area contributed by atoms with Gasteiger partial charge in [-0.1, -0.05) is 0 Å². The van der Waals surface area contributed by atoms with Gasteiger partial charge in [0.2, 0.25) is 11.3 Å². The number of methoxy groups -OCH3 is 1. The zero-order chi connectivity index (χ0) is 24.0. The third-order valence-corrected chi connectivity index (χ3v) is 7.49. The van der Waals surface area contributed by atoms with E-state index in [4.69, 9.17) is 10.5 Å². The van der Waals surface area contributed by atoms with Gasteiger partial charge >= 0.3 is 0 Å². The van der Waals surface area contributed by atoms with E-state index in [0.29, 0.717) is 4.83 Å². The van der Waals surface area contributed by atoms with Crippen LogP contribution in [-0.2, 0) is 0 Å². The van der Waals surface area contributed by atoms with Crippen molar-refractivity contribution in [2.45, 2.75) is 56.8 Å². The molecular weight excluding hydrogens is 455 g/mol. The second kappa shape index (κ2) is 7.00. The first-order valence-corrected chi connectivity index (χ1v) is 11.4. The zero-order valence-electron chi connectivity index (χ0n) is 18.3. The van der Waals surface area contributed by atoms with Crippen molar-refractivity contribution in [3.05, 3.63) is 32.5 Å². The molecule has 2 unspecified atom stereocenters. The van der Waals surface area contributed by atoms with Crippen LogP contribution in [0.3, 0.4) is 0 Å². The third-order valence-electron chi connectivity index (χ3n) is 6.61. The molecule has 1 aliphatic heterocycles. The fraction of sp³-hybridized carbons (Fsp3) is 0.524. The van der Waals surface area contributed by atoms with Crippen LogP contribution < -0.4 is 26.4 Å². The van der Waals surface area contributed by atoms with E-state index in [-0.39, 0.29) is 34.5 Å². The molecule has 1 saturated carbocycles. The number of halogens is 1. The maximum absolute atomic E-state index is 15.6. The van der Waals surface area contributed by atoms with Crippen LogP contribution in [-0.4, -0.2) is 49.0 Å². The maximum atomic E-state index is 15.6. The Labute approximate surface area is 190 Å². The Morgan fingerprint density at radius 3 is 2.55 bits per heavy atom. The normalized spacial score (nSPS) is 23.1. The molecule has 0 radical (unpaired) electrons. The summed E-state index contributed by atoms with van der Waals surface area (Å²) in [6, 6.07) is 0.913. The van der Waals surface area contributed by atoms with E-state index in [1.165, 1.54) is 7.11 Å². The molecule has 2 atom stereocenters. The molecule has 178 valence electrons. The summed E-state index contributed by atoms with van der Waals surface area (Å²) in [4.78, 5) is 26.6. The van der Waals surface area contributed by atoms with Crippen molar-refractivity contribution < 1.29 is 24.4 Å². The predicted molar refractivity (Wildman–Crippen MR) is 121 cm³/mol. The lowest BCUT2D eigenvalue weighted by molar-refractivity contribution is -0.157. The number of hydrogen-bond donors (Lipinski definition) is 5. The van der Waals surface area contributed by atoms with Gasteiger partial charge in [-0.05, 0) is 44.3 Å². The van der Waals surface area contributed by atoms with E-state index in [1.54, 1.807) is 18.4 Å². The lowest BCUT2D eigenvalue weighted by Crippen LogP contribution is -2.50. The number of fused-ring (bicyclic) bond motifs is 2. The number of nitrogens with one attached hydrogen (secondary N) is 1. The van der Waals surface area contributed by atoms with E-state index in [1.807, 2.05) is 0 Å². The lowest BCUT2D eigenvalue weighted by Gasteiger charge is -2.35. The van der Waals surface area contributed by atoms with Crippen LogP contribution in [0.4, 0.5) is 10.1 Å². The summed E-state index contributed by atoms with van der Waals surface area (Å²) in [6.45, 7) is 3.26. The molecule has 12 heteroatoms. The van der Waals surface area contributed by atoms with Gasteiger partial charge in [0, 0.05) is 23.9 Å². The molecule has 0 amide bonds. The first-order chi connectivity index (χ1) is 15.4. The fourth-order valence-electron chi connectivity index (χ4n) is 4.87. The quantitative estimate of drug-likeness (QED) is 0.345. The average molecular weight is 481 g/mol. The van der Waals surface area contributed by atoms with Gasteiger partial charge in [0.1, 0.15) is 22.1 Å². The molecule has 2 fully saturated rings. The number of aromatic amines is 1. The molecule has 0 bridgehead atoms. The molecule has 1 aromatic carbocycles. The summed E-state index contributed by atoms with van der Waals surface area (Å²) in [6.07, 6.45) is -0.315. The van der Waals surface area contributed by atoms with Crippen molar-refractivity contribution in [1.29, 1.82) is 0 Å². The van der Waals surface area contributed by atoms with Crippen LogP contribution in [0, 0.1) is 11.7 Å². The van der Waals surface area contributed by atoms with Gasteiger partial charge in [0.25, 0.3) is 5.56 Å². The first-order valence-electron chi connectivity index (χ1n) is 10.6. The van der Waals surface area contributed by atoms with Crippen molar-refractivity contribution in [2.75, 3.05) is 12.0 Å². The second-order valence-electron chi connectivity index (χ2n) is 9.47. The number of anilines is 1. The van der Waals surface area contributed by atoms with Crippen molar-refractivity contribution >= 4 is 38.3 Å². The van der Waals surface area contributed by atoms with Gasteiger partial charge in [-0.25, -0.2) is 4.39 Å². The maximum Gasteiger partial charge on any atom is 0.271 e. The van der Waals surface area contributed by atoms with Crippen LogP contribution in [0.2, 0.25) is 0 Å². The third kappa shape index (κ3) is 3.12. The zero-order valence-corrected chi connectivity index (χ0v) is 19.1. The van der Waals surface area contributed by atoms with Gasteiger partial charge in [0.15, 0.2) is 11.6 Å². The molecule has 0 spiro atoms. The Morgan fingerprint density at radius 1 is 1.33 bits per heavy atom. The second-order valence-corrected chi connectivity index (χ2v) is 10.3. The number of nitrogens with zero attached hydrogens (tertiary/aromatic N) is 2. The smallest absolute Gasteiger partial charge is 0.271 e. The number of pyridine rings is 1. The Kier molecular flexibility index (Phi) is 4.73. The standard InChI is InChI=1S/C21H25FN4O6S/c1-20(2,23)10-7-21(30,31)26(18(10)29)14-11(22)6-9-13(16(14)32-3)25(8-4-5-8)19-12(15(9)27)17(28)24-33-19/h6,8,10,18,29-31H,4-5,7,23H2,1-3H3,(H,24,28). The summed E-state index contributed by atoms with van der Waals surface area (Å²) in [5, 5.41) is 32.4. The van der Waals surface area contributed by atoms with Gasteiger partial charge in [0.05, 0.1) is 18.0 Å². The summed E-state index contributed by atoms with van der Waals surface area (Å²) < 4.78 is 25.5. The Bertz CT molecular complexity index is 1400. The van der Waals surface area contributed by atoms with Gasteiger partial charge < -0.3 is 30.4 Å². The molecule has 3 aromatic rings. The predicted octanol–water partition coefficient (Wildman–Crippen LogP) is 0.907. The SMILES string of the molecule is COc1c(N2C(O)C(C(C)(C)N)CC2(O)O)c(F)cc2c(=O)c3c(=O)[nH]sc3n(C3CC3)c12. The molecule has 1 saturated heterocycles. The minimum Gasteiger partial charge on any atom is -0.492 e. The molecule has 1 aliphatic carbocycles. The minimum absolute atomic E-state index is 0.0403. The molecule has 2 aliphatic rings. The van der Waals surface area contributed by atoms with Crippen molar-refractivity contribution in [1.82, 2.24) is 8.94 Å². The number of aromatic nitrogens is 2. The summed E-state index contributed by atoms with van der Waals surface area (Å²) in [7, 11) is 1.27. The minimum atomic E-state index is -2.63. The number of rotatable bonds is 4. The van der Waals surface area contributed by atoms with Crippen LogP contribution in [0.25, 0.3) is 21.1 Å². The monoisotopic (exact) mass is 480 g/mol. The largest absolute Gasteiger partial charge is 0.492 e. The summed E-state index contributed by atoms with van der Waals surface area (Å²) in [5.74, 6) is -4.59. The van der Waals surface area contributed by atoms with Crippen LogP contribution in [0.15, 0.2) is 15.7 Å². The molecule has 5 rings (SSSR count). The fourth-order valence-corrected chi connectivity index (χ4v) is 5.78. The highest BCUT2D eigenvalue weighted by atomic mass is 32.1. The Morgan fingerprint density at radius 2 is 2.00 bits per heavy atom. The highest BCUT2D eigenvalue weighted by Gasteiger charge is 2.55. The molecule has 3 heterocycles.